The quantitative estimate of drug-likeness (QED) is 0.809. The molecular formula is C14H19NO2. The molecule has 1 fully saturated rings. The number of fused-ring (bicyclic) bond motifs is 1. The summed E-state index contributed by atoms with van der Waals surface area (Å²) in [5.41, 5.74) is 7.38. The second-order valence-electron chi connectivity index (χ2n) is 4.99. The number of para-hydroxylation sites is 1. The third-order valence-corrected chi connectivity index (χ3v) is 3.87. The summed E-state index contributed by atoms with van der Waals surface area (Å²) in [6, 6.07) is 8.25. The van der Waals surface area contributed by atoms with E-state index in [2.05, 4.69) is 6.07 Å². The lowest BCUT2D eigenvalue weighted by Crippen LogP contribution is -2.37. The highest BCUT2D eigenvalue weighted by atomic mass is 16.5. The Kier molecular flexibility index (Phi) is 3.04. The number of nitrogens with two attached hydrogens (primary N) is 1. The monoisotopic (exact) mass is 233 g/mol. The Bertz CT molecular complexity index is 388. The summed E-state index contributed by atoms with van der Waals surface area (Å²) in [5.74, 6) is 1.57. The van der Waals surface area contributed by atoms with Gasteiger partial charge in [0.2, 0.25) is 0 Å². The first kappa shape index (κ1) is 11.1. The van der Waals surface area contributed by atoms with E-state index in [4.69, 9.17) is 15.2 Å². The van der Waals surface area contributed by atoms with Crippen molar-refractivity contribution in [2.75, 3.05) is 13.2 Å². The zero-order valence-electron chi connectivity index (χ0n) is 9.97. The van der Waals surface area contributed by atoms with Gasteiger partial charge < -0.3 is 15.2 Å². The van der Waals surface area contributed by atoms with Gasteiger partial charge in [0.05, 0.1) is 0 Å². The molecule has 0 amide bonds. The van der Waals surface area contributed by atoms with Crippen LogP contribution in [0.4, 0.5) is 0 Å². The van der Waals surface area contributed by atoms with Crippen LogP contribution in [0.1, 0.15) is 30.9 Å². The number of rotatable bonds is 1. The largest absolute Gasteiger partial charge is 0.490 e. The molecule has 2 aliphatic rings. The van der Waals surface area contributed by atoms with E-state index in [1.54, 1.807) is 0 Å². The summed E-state index contributed by atoms with van der Waals surface area (Å²) < 4.78 is 11.5. The van der Waals surface area contributed by atoms with E-state index in [9.17, 15) is 0 Å². The van der Waals surface area contributed by atoms with Crippen molar-refractivity contribution in [2.45, 2.75) is 31.4 Å². The highest BCUT2D eigenvalue weighted by molar-refractivity contribution is 5.37. The summed E-state index contributed by atoms with van der Waals surface area (Å²) in [7, 11) is 0. The molecule has 3 nitrogen and oxygen atoms in total. The topological polar surface area (TPSA) is 44.5 Å². The molecule has 17 heavy (non-hydrogen) atoms. The van der Waals surface area contributed by atoms with Crippen LogP contribution < -0.4 is 10.5 Å². The number of benzene rings is 1. The lowest BCUT2D eigenvalue weighted by Gasteiger charge is -2.36. The van der Waals surface area contributed by atoms with Crippen LogP contribution in [0.3, 0.4) is 0 Å². The highest BCUT2D eigenvalue weighted by Gasteiger charge is 2.32. The van der Waals surface area contributed by atoms with Gasteiger partial charge in [-0.15, -0.1) is 0 Å². The minimum atomic E-state index is 0.118. The molecule has 0 spiro atoms. The molecule has 2 N–H and O–H groups in total. The summed E-state index contributed by atoms with van der Waals surface area (Å²) in [6.07, 6.45) is 3.39. The van der Waals surface area contributed by atoms with Crippen LogP contribution in [0, 0.1) is 5.92 Å². The Hall–Kier alpha value is -1.06. The predicted molar refractivity (Wildman–Crippen MR) is 65.9 cm³/mol. The molecule has 2 atom stereocenters. The van der Waals surface area contributed by atoms with E-state index in [1.807, 2.05) is 18.2 Å². The lowest BCUT2D eigenvalue weighted by atomic mass is 9.86. The molecule has 2 heterocycles. The highest BCUT2D eigenvalue weighted by Crippen LogP contribution is 2.37. The van der Waals surface area contributed by atoms with E-state index in [-0.39, 0.29) is 12.1 Å². The van der Waals surface area contributed by atoms with Crippen molar-refractivity contribution in [1.29, 1.82) is 0 Å². The van der Waals surface area contributed by atoms with Crippen LogP contribution in [-0.2, 0) is 4.74 Å². The van der Waals surface area contributed by atoms with Gasteiger partial charge in [0.25, 0.3) is 0 Å². The Labute approximate surface area is 102 Å². The predicted octanol–water partition coefficient (Wildman–Crippen LogP) is 2.26. The second kappa shape index (κ2) is 4.67. The molecule has 1 saturated heterocycles. The van der Waals surface area contributed by atoms with E-state index < -0.39 is 0 Å². The Morgan fingerprint density at radius 1 is 1.12 bits per heavy atom. The zero-order chi connectivity index (χ0) is 11.7. The minimum absolute atomic E-state index is 0.118. The molecule has 92 valence electrons. The van der Waals surface area contributed by atoms with Crippen molar-refractivity contribution in [3.05, 3.63) is 29.8 Å². The van der Waals surface area contributed by atoms with Crippen molar-refractivity contribution >= 4 is 0 Å². The maximum Gasteiger partial charge on any atom is 0.124 e. The average Bonchev–Trinajstić information content (AvgIpc) is 2.40. The van der Waals surface area contributed by atoms with Crippen molar-refractivity contribution < 1.29 is 9.47 Å². The van der Waals surface area contributed by atoms with E-state index in [0.29, 0.717) is 5.92 Å². The minimum Gasteiger partial charge on any atom is -0.490 e. The Morgan fingerprint density at radius 3 is 2.71 bits per heavy atom. The van der Waals surface area contributed by atoms with Crippen LogP contribution in [-0.4, -0.2) is 19.3 Å². The molecular weight excluding hydrogens is 214 g/mol. The average molecular weight is 233 g/mol. The van der Waals surface area contributed by atoms with Crippen LogP contribution in [0.5, 0.6) is 5.75 Å². The van der Waals surface area contributed by atoms with Gasteiger partial charge in [-0.3, -0.25) is 0 Å². The third-order valence-electron chi connectivity index (χ3n) is 3.87. The fourth-order valence-electron chi connectivity index (χ4n) is 2.86. The van der Waals surface area contributed by atoms with Crippen molar-refractivity contribution in [2.24, 2.45) is 11.7 Å². The molecule has 1 aromatic carbocycles. The van der Waals surface area contributed by atoms with Gasteiger partial charge in [-0.25, -0.2) is 0 Å². The Balaban J connectivity index is 1.78. The first-order valence-electron chi connectivity index (χ1n) is 6.43. The number of ether oxygens (including phenoxy) is 2. The van der Waals surface area contributed by atoms with Crippen molar-refractivity contribution in [3.8, 4) is 5.75 Å². The van der Waals surface area contributed by atoms with Crippen LogP contribution in [0.15, 0.2) is 24.3 Å². The molecule has 0 radical (unpaired) electrons. The first-order valence-corrected chi connectivity index (χ1v) is 6.43. The van der Waals surface area contributed by atoms with E-state index >= 15 is 0 Å². The second-order valence-corrected chi connectivity index (χ2v) is 4.99. The van der Waals surface area contributed by atoms with E-state index in [1.165, 1.54) is 0 Å². The maximum atomic E-state index is 6.23. The van der Waals surface area contributed by atoms with Crippen LogP contribution in [0.2, 0.25) is 0 Å². The fraction of sp³-hybridized carbons (Fsp3) is 0.571. The van der Waals surface area contributed by atoms with Gasteiger partial charge in [0.15, 0.2) is 0 Å². The number of hydrogen-bond acceptors (Lipinski definition) is 3. The Morgan fingerprint density at radius 2 is 1.88 bits per heavy atom. The smallest absolute Gasteiger partial charge is 0.124 e. The third kappa shape index (κ3) is 2.17. The molecule has 3 rings (SSSR count). The normalized spacial score (nSPS) is 29.5. The molecule has 2 aliphatic heterocycles. The first-order chi connectivity index (χ1) is 8.34. The number of hydrogen-bond donors (Lipinski definition) is 1. The van der Waals surface area contributed by atoms with Gasteiger partial charge in [-0.1, -0.05) is 18.2 Å². The molecule has 3 heteroatoms. The van der Waals surface area contributed by atoms with Gasteiger partial charge in [0, 0.05) is 37.2 Å². The van der Waals surface area contributed by atoms with Crippen LogP contribution >= 0.6 is 0 Å². The summed E-state index contributed by atoms with van der Waals surface area (Å²) in [4.78, 5) is 0. The van der Waals surface area contributed by atoms with Gasteiger partial charge in [-0.05, 0) is 18.9 Å². The molecule has 1 aromatic rings. The standard InChI is InChI=1S/C14H19NO2/c15-12-9-14(10-5-7-16-8-6-10)17-13-4-2-1-3-11(12)13/h1-4,10,12,14H,5-9,15H2. The van der Waals surface area contributed by atoms with E-state index in [0.717, 1.165) is 43.8 Å². The summed E-state index contributed by atoms with van der Waals surface area (Å²) in [6.45, 7) is 1.73. The van der Waals surface area contributed by atoms with Gasteiger partial charge in [-0.2, -0.15) is 0 Å². The zero-order valence-corrected chi connectivity index (χ0v) is 9.97. The molecule has 0 aromatic heterocycles. The molecule has 0 bridgehead atoms. The SMILES string of the molecule is NC1CC(C2CCOCC2)Oc2ccccc21. The fourth-order valence-corrected chi connectivity index (χ4v) is 2.86. The van der Waals surface area contributed by atoms with Crippen LogP contribution in [0.25, 0.3) is 0 Å². The van der Waals surface area contributed by atoms with Crippen molar-refractivity contribution in [1.82, 2.24) is 0 Å². The van der Waals surface area contributed by atoms with Crippen molar-refractivity contribution in [3.63, 3.8) is 0 Å². The van der Waals surface area contributed by atoms with Gasteiger partial charge in [0.1, 0.15) is 11.9 Å². The lowest BCUT2D eigenvalue weighted by molar-refractivity contribution is 0.00730. The summed E-state index contributed by atoms with van der Waals surface area (Å²) in [5, 5.41) is 0. The summed E-state index contributed by atoms with van der Waals surface area (Å²) >= 11 is 0. The molecule has 0 aliphatic carbocycles. The maximum absolute atomic E-state index is 6.23. The molecule has 2 unspecified atom stereocenters. The van der Waals surface area contributed by atoms with Gasteiger partial charge >= 0.3 is 0 Å². The molecule has 0 saturated carbocycles.